The maximum absolute atomic E-state index is 5.60. The van der Waals surface area contributed by atoms with Crippen molar-refractivity contribution in [3.63, 3.8) is 0 Å². The quantitative estimate of drug-likeness (QED) is 0.580. The van der Waals surface area contributed by atoms with E-state index >= 15 is 0 Å². The lowest BCUT2D eigenvalue weighted by molar-refractivity contribution is 0.200. The number of rotatable bonds is 6. The minimum Gasteiger partial charge on any atom is -0.399 e. The van der Waals surface area contributed by atoms with Crippen molar-refractivity contribution in [1.29, 1.82) is 0 Å². The number of hydrogen-bond donors (Lipinski definition) is 1. The Kier molecular flexibility index (Phi) is 5.49. The van der Waals surface area contributed by atoms with Crippen molar-refractivity contribution >= 4 is 17.4 Å². The molecule has 0 aromatic heterocycles. The van der Waals surface area contributed by atoms with E-state index in [-0.39, 0.29) is 0 Å². The van der Waals surface area contributed by atoms with Crippen LogP contribution in [0.1, 0.15) is 12.0 Å². The zero-order chi connectivity index (χ0) is 10.2. The van der Waals surface area contributed by atoms with Crippen LogP contribution in [-0.4, -0.2) is 19.5 Å². The van der Waals surface area contributed by atoms with Gasteiger partial charge < -0.3 is 10.5 Å². The summed E-state index contributed by atoms with van der Waals surface area (Å²) in [7, 11) is 1.74. The van der Waals surface area contributed by atoms with Crippen LogP contribution in [0, 0.1) is 0 Å². The maximum Gasteiger partial charge on any atom is 0.0470 e. The zero-order valence-electron chi connectivity index (χ0n) is 8.53. The monoisotopic (exact) mass is 211 g/mol. The van der Waals surface area contributed by atoms with Crippen LogP contribution >= 0.6 is 11.8 Å². The second-order valence-electron chi connectivity index (χ2n) is 3.14. The molecule has 0 fully saturated rings. The van der Waals surface area contributed by atoms with Gasteiger partial charge in [0.1, 0.15) is 0 Å². The Morgan fingerprint density at radius 1 is 1.29 bits per heavy atom. The molecular formula is C11H17NOS. The lowest BCUT2D eigenvalue weighted by atomic mass is 10.2. The number of benzene rings is 1. The molecule has 0 atom stereocenters. The highest BCUT2D eigenvalue weighted by molar-refractivity contribution is 7.98. The van der Waals surface area contributed by atoms with Crippen molar-refractivity contribution in [3.8, 4) is 0 Å². The van der Waals surface area contributed by atoms with Crippen LogP contribution < -0.4 is 5.73 Å². The maximum atomic E-state index is 5.60. The van der Waals surface area contributed by atoms with E-state index in [4.69, 9.17) is 10.5 Å². The van der Waals surface area contributed by atoms with Gasteiger partial charge in [0.05, 0.1) is 0 Å². The number of nitrogens with two attached hydrogens (primary N) is 1. The Bertz CT molecular complexity index is 248. The summed E-state index contributed by atoms with van der Waals surface area (Å²) in [6, 6.07) is 8.06. The molecule has 0 aliphatic rings. The van der Waals surface area contributed by atoms with Crippen LogP contribution in [0.2, 0.25) is 0 Å². The van der Waals surface area contributed by atoms with Gasteiger partial charge in [-0.3, -0.25) is 0 Å². The fraction of sp³-hybridized carbons (Fsp3) is 0.455. The van der Waals surface area contributed by atoms with Gasteiger partial charge in [0.2, 0.25) is 0 Å². The van der Waals surface area contributed by atoms with Crippen molar-refractivity contribution in [2.45, 2.75) is 12.2 Å². The summed E-state index contributed by atoms with van der Waals surface area (Å²) >= 11 is 1.93. The van der Waals surface area contributed by atoms with Gasteiger partial charge in [0.15, 0.2) is 0 Å². The van der Waals surface area contributed by atoms with Gasteiger partial charge in [-0.05, 0) is 29.9 Å². The van der Waals surface area contributed by atoms with Gasteiger partial charge in [-0.25, -0.2) is 0 Å². The summed E-state index contributed by atoms with van der Waals surface area (Å²) in [6.45, 7) is 0.856. The van der Waals surface area contributed by atoms with Gasteiger partial charge in [-0.1, -0.05) is 12.1 Å². The Balaban J connectivity index is 2.15. The Morgan fingerprint density at radius 3 is 2.64 bits per heavy atom. The molecule has 0 spiro atoms. The lowest BCUT2D eigenvalue weighted by Crippen LogP contribution is -1.91. The van der Waals surface area contributed by atoms with E-state index in [9.17, 15) is 0 Å². The molecule has 14 heavy (non-hydrogen) atoms. The molecule has 1 aromatic carbocycles. The van der Waals surface area contributed by atoms with Crippen molar-refractivity contribution in [2.24, 2.45) is 0 Å². The number of hydrogen-bond acceptors (Lipinski definition) is 3. The van der Waals surface area contributed by atoms with Crippen molar-refractivity contribution in [1.82, 2.24) is 0 Å². The van der Waals surface area contributed by atoms with E-state index in [0.717, 1.165) is 30.2 Å². The molecule has 2 N–H and O–H groups in total. The van der Waals surface area contributed by atoms with E-state index in [2.05, 4.69) is 12.1 Å². The van der Waals surface area contributed by atoms with Crippen molar-refractivity contribution in [3.05, 3.63) is 29.8 Å². The molecule has 0 saturated heterocycles. The number of ether oxygens (including phenoxy) is 1. The fourth-order valence-electron chi connectivity index (χ4n) is 1.11. The molecular weight excluding hydrogens is 194 g/mol. The SMILES string of the molecule is COCCCSCc1ccc(N)cc1. The molecule has 0 aliphatic heterocycles. The molecule has 0 heterocycles. The first-order chi connectivity index (χ1) is 6.83. The largest absolute Gasteiger partial charge is 0.399 e. The molecule has 0 amide bonds. The molecule has 0 bridgehead atoms. The summed E-state index contributed by atoms with van der Waals surface area (Å²) in [5.74, 6) is 2.21. The van der Waals surface area contributed by atoms with Crippen LogP contribution in [0.15, 0.2) is 24.3 Å². The van der Waals surface area contributed by atoms with Gasteiger partial charge in [0.25, 0.3) is 0 Å². The number of methoxy groups -OCH3 is 1. The molecule has 0 radical (unpaired) electrons. The summed E-state index contributed by atoms with van der Waals surface area (Å²) < 4.78 is 4.98. The normalized spacial score (nSPS) is 10.4. The highest BCUT2D eigenvalue weighted by atomic mass is 32.2. The van der Waals surface area contributed by atoms with Crippen LogP contribution in [0.25, 0.3) is 0 Å². The van der Waals surface area contributed by atoms with E-state index in [1.54, 1.807) is 7.11 Å². The van der Waals surface area contributed by atoms with Gasteiger partial charge in [0, 0.05) is 25.2 Å². The zero-order valence-corrected chi connectivity index (χ0v) is 9.35. The van der Waals surface area contributed by atoms with E-state index in [0.29, 0.717) is 0 Å². The second kappa shape index (κ2) is 6.74. The average Bonchev–Trinajstić information content (AvgIpc) is 2.21. The molecule has 78 valence electrons. The summed E-state index contributed by atoms with van der Waals surface area (Å²) in [5, 5.41) is 0. The third-order valence-corrected chi connectivity index (χ3v) is 3.00. The summed E-state index contributed by atoms with van der Waals surface area (Å²) in [4.78, 5) is 0. The smallest absolute Gasteiger partial charge is 0.0470 e. The minimum atomic E-state index is 0.832. The van der Waals surface area contributed by atoms with Crippen molar-refractivity contribution in [2.75, 3.05) is 25.2 Å². The van der Waals surface area contributed by atoms with Crippen LogP contribution in [0.4, 0.5) is 5.69 Å². The van der Waals surface area contributed by atoms with Crippen LogP contribution in [0.5, 0.6) is 0 Å². The van der Waals surface area contributed by atoms with Crippen LogP contribution in [0.3, 0.4) is 0 Å². The summed E-state index contributed by atoms with van der Waals surface area (Å²) in [6.07, 6.45) is 1.12. The highest BCUT2D eigenvalue weighted by Gasteiger charge is 1.93. The minimum absolute atomic E-state index is 0.832. The highest BCUT2D eigenvalue weighted by Crippen LogP contribution is 2.14. The third kappa shape index (κ3) is 4.53. The molecule has 3 heteroatoms. The predicted octanol–water partition coefficient (Wildman–Crippen LogP) is 2.54. The first-order valence-electron chi connectivity index (χ1n) is 4.74. The predicted molar refractivity (Wildman–Crippen MR) is 63.5 cm³/mol. The first kappa shape index (κ1) is 11.4. The number of nitrogen functional groups attached to an aromatic ring is 1. The number of anilines is 1. The molecule has 0 saturated carbocycles. The fourth-order valence-corrected chi connectivity index (χ4v) is 2.00. The van der Waals surface area contributed by atoms with Gasteiger partial charge in [-0.15, -0.1) is 0 Å². The Morgan fingerprint density at radius 2 is 2.00 bits per heavy atom. The van der Waals surface area contributed by atoms with Gasteiger partial charge in [-0.2, -0.15) is 11.8 Å². The Labute approximate surface area is 89.8 Å². The van der Waals surface area contributed by atoms with Crippen molar-refractivity contribution < 1.29 is 4.74 Å². The van der Waals surface area contributed by atoms with Gasteiger partial charge >= 0.3 is 0 Å². The lowest BCUT2D eigenvalue weighted by Gasteiger charge is -2.02. The topological polar surface area (TPSA) is 35.2 Å². The number of thioether (sulfide) groups is 1. The molecule has 2 nitrogen and oxygen atoms in total. The van der Waals surface area contributed by atoms with E-state index in [1.165, 1.54) is 5.56 Å². The standard InChI is InChI=1S/C11H17NOS/c1-13-7-2-8-14-9-10-3-5-11(12)6-4-10/h3-6H,2,7-9,12H2,1H3. The van der Waals surface area contributed by atoms with E-state index in [1.807, 2.05) is 23.9 Å². The van der Waals surface area contributed by atoms with Crippen LogP contribution in [-0.2, 0) is 10.5 Å². The van der Waals surface area contributed by atoms with E-state index < -0.39 is 0 Å². The summed E-state index contributed by atoms with van der Waals surface area (Å²) in [5.41, 5.74) is 7.76. The molecule has 0 unspecified atom stereocenters. The average molecular weight is 211 g/mol. The first-order valence-corrected chi connectivity index (χ1v) is 5.89. The Hall–Kier alpha value is -0.670. The molecule has 1 rings (SSSR count). The molecule has 1 aromatic rings. The third-order valence-electron chi connectivity index (χ3n) is 1.89. The second-order valence-corrected chi connectivity index (χ2v) is 4.25. The molecule has 0 aliphatic carbocycles.